The molecule has 1 aliphatic carbocycles. The third-order valence-corrected chi connectivity index (χ3v) is 3.56. The average Bonchev–Trinajstić information content (AvgIpc) is 2.93. The van der Waals surface area contributed by atoms with Gasteiger partial charge in [0.15, 0.2) is 0 Å². The lowest BCUT2D eigenvalue weighted by Gasteiger charge is -2.35. The van der Waals surface area contributed by atoms with Crippen molar-refractivity contribution in [3.05, 3.63) is 0 Å². The summed E-state index contributed by atoms with van der Waals surface area (Å²) in [5.74, 6) is 1.08. The highest BCUT2D eigenvalue weighted by Gasteiger charge is 2.28. The molecule has 1 aliphatic heterocycles. The van der Waals surface area contributed by atoms with E-state index >= 15 is 0 Å². The number of nitrogens with zero attached hydrogens (tertiary/aromatic N) is 1. The molecule has 1 heteroatoms. The van der Waals surface area contributed by atoms with Crippen LogP contribution < -0.4 is 0 Å². The first-order valence-corrected chi connectivity index (χ1v) is 6.14. The minimum Gasteiger partial charge on any atom is -0.300 e. The number of rotatable bonds is 4. The van der Waals surface area contributed by atoms with Crippen molar-refractivity contribution < 1.29 is 0 Å². The van der Waals surface area contributed by atoms with Gasteiger partial charge in [-0.3, -0.25) is 0 Å². The van der Waals surface area contributed by atoms with Gasteiger partial charge in [-0.25, -0.2) is 0 Å². The van der Waals surface area contributed by atoms with E-state index in [2.05, 4.69) is 11.8 Å². The van der Waals surface area contributed by atoms with Crippen molar-refractivity contribution >= 4 is 0 Å². The first-order valence-electron chi connectivity index (χ1n) is 6.14. The van der Waals surface area contributed by atoms with E-state index in [1.807, 2.05) is 0 Å². The molecule has 2 fully saturated rings. The summed E-state index contributed by atoms with van der Waals surface area (Å²) in [6.45, 7) is 5.13. The molecule has 0 aromatic heterocycles. The van der Waals surface area contributed by atoms with Crippen molar-refractivity contribution in [1.82, 2.24) is 4.90 Å². The van der Waals surface area contributed by atoms with Gasteiger partial charge < -0.3 is 4.90 Å². The second-order valence-corrected chi connectivity index (χ2v) is 4.88. The third-order valence-electron chi connectivity index (χ3n) is 3.56. The van der Waals surface area contributed by atoms with E-state index in [0.717, 1.165) is 12.0 Å². The van der Waals surface area contributed by atoms with Crippen LogP contribution in [0.2, 0.25) is 0 Å². The van der Waals surface area contributed by atoms with Crippen LogP contribution in [0.1, 0.15) is 51.9 Å². The molecule has 13 heavy (non-hydrogen) atoms. The predicted octanol–water partition coefficient (Wildman–Crippen LogP) is 3.05. The summed E-state index contributed by atoms with van der Waals surface area (Å²) >= 11 is 0. The molecular formula is C12H23N. The molecule has 1 atom stereocenters. The second-order valence-electron chi connectivity index (χ2n) is 4.88. The fourth-order valence-electron chi connectivity index (χ4n) is 2.59. The van der Waals surface area contributed by atoms with Gasteiger partial charge >= 0.3 is 0 Å². The van der Waals surface area contributed by atoms with Gasteiger partial charge in [-0.05, 0) is 44.6 Å². The number of likely N-dealkylation sites (tertiary alicyclic amines) is 1. The predicted molar refractivity (Wildman–Crippen MR) is 56.8 cm³/mol. The molecule has 1 saturated heterocycles. The minimum atomic E-state index is 0.944. The van der Waals surface area contributed by atoms with Crippen LogP contribution in [0.3, 0.4) is 0 Å². The lowest BCUT2D eigenvalue weighted by molar-refractivity contribution is 0.133. The molecule has 0 N–H and O–H groups in total. The first-order chi connectivity index (χ1) is 6.40. The Labute approximate surface area is 82.5 Å². The molecule has 0 bridgehead atoms. The van der Waals surface area contributed by atoms with Gasteiger partial charge in [0.2, 0.25) is 0 Å². The van der Waals surface area contributed by atoms with Gasteiger partial charge in [-0.1, -0.05) is 19.8 Å². The zero-order chi connectivity index (χ0) is 9.10. The SMILES string of the molecule is CCCC1CCCCN1CC1CC1. The van der Waals surface area contributed by atoms with Crippen LogP contribution in [-0.2, 0) is 0 Å². The van der Waals surface area contributed by atoms with Gasteiger partial charge in [0.05, 0.1) is 0 Å². The monoisotopic (exact) mass is 181 g/mol. The Morgan fingerprint density at radius 2 is 2.00 bits per heavy atom. The smallest absolute Gasteiger partial charge is 0.00952 e. The van der Waals surface area contributed by atoms with Crippen LogP contribution >= 0.6 is 0 Å². The summed E-state index contributed by atoms with van der Waals surface area (Å²) < 4.78 is 0. The molecule has 2 rings (SSSR count). The van der Waals surface area contributed by atoms with Crippen LogP contribution in [-0.4, -0.2) is 24.0 Å². The molecule has 0 radical (unpaired) electrons. The molecular weight excluding hydrogens is 158 g/mol. The van der Waals surface area contributed by atoms with Crippen LogP contribution in [0.25, 0.3) is 0 Å². The van der Waals surface area contributed by atoms with Crippen molar-refractivity contribution in [2.75, 3.05) is 13.1 Å². The zero-order valence-electron chi connectivity index (χ0n) is 8.97. The van der Waals surface area contributed by atoms with Gasteiger partial charge in [-0.2, -0.15) is 0 Å². The van der Waals surface area contributed by atoms with E-state index in [4.69, 9.17) is 0 Å². The summed E-state index contributed by atoms with van der Waals surface area (Å²) in [7, 11) is 0. The van der Waals surface area contributed by atoms with Crippen molar-refractivity contribution in [2.45, 2.75) is 57.9 Å². The van der Waals surface area contributed by atoms with Gasteiger partial charge in [0, 0.05) is 12.6 Å². The van der Waals surface area contributed by atoms with Gasteiger partial charge in [0.25, 0.3) is 0 Å². The Morgan fingerprint density at radius 3 is 2.69 bits per heavy atom. The van der Waals surface area contributed by atoms with Crippen LogP contribution in [0.5, 0.6) is 0 Å². The lowest BCUT2D eigenvalue weighted by atomic mass is 9.98. The maximum atomic E-state index is 2.78. The zero-order valence-corrected chi connectivity index (χ0v) is 8.97. The molecule has 2 aliphatic rings. The number of hydrogen-bond acceptors (Lipinski definition) is 1. The summed E-state index contributed by atoms with van der Waals surface area (Å²) in [4.78, 5) is 2.78. The Kier molecular flexibility index (Phi) is 3.26. The highest BCUT2D eigenvalue weighted by Crippen LogP contribution is 2.32. The highest BCUT2D eigenvalue weighted by atomic mass is 15.2. The van der Waals surface area contributed by atoms with Crippen LogP contribution in [0, 0.1) is 5.92 Å². The Bertz CT molecular complexity index is 149. The second kappa shape index (κ2) is 4.45. The summed E-state index contributed by atoms with van der Waals surface area (Å²) in [6.07, 6.45) is 10.2. The van der Waals surface area contributed by atoms with E-state index in [0.29, 0.717) is 0 Å². The van der Waals surface area contributed by atoms with E-state index in [1.54, 1.807) is 0 Å². The molecule has 0 aromatic rings. The summed E-state index contributed by atoms with van der Waals surface area (Å²) in [5.41, 5.74) is 0. The Balaban J connectivity index is 1.79. The average molecular weight is 181 g/mol. The van der Waals surface area contributed by atoms with Crippen molar-refractivity contribution in [3.8, 4) is 0 Å². The minimum absolute atomic E-state index is 0.944. The molecule has 0 amide bonds. The third kappa shape index (κ3) is 2.70. The fraction of sp³-hybridized carbons (Fsp3) is 1.00. The molecule has 1 nitrogen and oxygen atoms in total. The number of piperidine rings is 1. The molecule has 1 unspecified atom stereocenters. The Morgan fingerprint density at radius 1 is 1.15 bits per heavy atom. The normalized spacial score (nSPS) is 30.7. The largest absolute Gasteiger partial charge is 0.300 e. The fourth-order valence-corrected chi connectivity index (χ4v) is 2.59. The van der Waals surface area contributed by atoms with E-state index in [1.165, 1.54) is 58.0 Å². The highest BCUT2D eigenvalue weighted by molar-refractivity contribution is 4.83. The quantitative estimate of drug-likeness (QED) is 0.644. The van der Waals surface area contributed by atoms with E-state index < -0.39 is 0 Å². The van der Waals surface area contributed by atoms with Crippen LogP contribution in [0.4, 0.5) is 0 Å². The molecule has 0 aromatic carbocycles. The standard InChI is InChI=1S/C12H23N/c1-2-5-12-6-3-4-9-13(12)10-11-7-8-11/h11-12H,2-10H2,1H3. The van der Waals surface area contributed by atoms with Crippen LogP contribution in [0.15, 0.2) is 0 Å². The first kappa shape index (κ1) is 9.51. The molecule has 1 saturated carbocycles. The molecule has 76 valence electrons. The lowest BCUT2D eigenvalue weighted by Crippen LogP contribution is -2.40. The number of hydrogen-bond donors (Lipinski definition) is 0. The summed E-state index contributed by atoms with van der Waals surface area (Å²) in [5, 5.41) is 0. The van der Waals surface area contributed by atoms with Gasteiger partial charge in [0.1, 0.15) is 0 Å². The molecule has 0 spiro atoms. The molecule has 1 heterocycles. The topological polar surface area (TPSA) is 3.24 Å². The van der Waals surface area contributed by atoms with Crippen molar-refractivity contribution in [2.24, 2.45) is 5.92 Å². The van der Waals surface area contributed by atoms with Gasteiger partial charge in [-0.15, -0.1) is 0 Å². The van der Waals surface area contributed by atoms with Crippen molar-refractivity contribution in [3.63, 3.8) is 0 Å². The van der Waals surface area contributed by atoms with E-state index in [9.17, 15) is 0 Å². The van der Waals surface area contributed by atoms with Crippen molar-refractivity contribution in [1.29, 1.82) is 0 Å². The maximum Gasteiger partial charge on any atom is 0.00952 e. The van der Waals surface area contributed by atoms with E-state index in [-0.39, 0.29) is 0 Å². The maximum absolute atomic E-state index is 2.78. The summed E-state index contributed by atoms with van der Waals surface area (Å²) in [6, 6.07) is 0.944. The Hall–Kier alpha value is -0.0400.